The zero-order chi connectivity index (χ0) is 30.4. The molecule has 3 heterocycles. The molecule has 3 aliphatic rings. The summed E-state index contributed by atoms with van der Waals surface area (Å²) in [5.41, 5.74) is 7.32. The van der Waals surface area contributed by atoms with Crippen LogP contribution in [-0.4, -0.2) is 70.7 Å². The number of amides is 2. The summed E-state index contributed by atoms with van der Waals surface area (Å²) in [7, 11) is 0. The van der Waals surface area contributed by atoms with Crippen molar-refractivity contribution in [2.24, 2.45) is 23.0 Å². The number of nitrogens with two attached hydrogens (primary N) is 1. The number of hydrogen-bond acceptors (Lipinski definition) is 6. The van der Waals surface area contributed by atoms with E-state index in [1.54, 1.807) is 18.3 Å². The van der Waals surface area contributed by atoms with Crippen molar-refractivity contribution in [3.05, 3.63) is 57.9 Å². The second-order valence-corrected chi connectivity index (χ2v) is 12.7. The fourth-order valence-electron chi connectivity index (χ4n) is 7.07. The third kappa shape index (κ3) is 5.88. The molecule has 2 saturated heterocycles. The van der Waals surface area contributed by atoms with Crippen LogP contribution in [0.5, 0.6) is 5.75 Å². The van der Waals surface area contributed by atoms with Gasteiger partial charge in [-0.05, 0) is 74.8 Å². The molecule has 2 N–H and O–H groups in total. The molecular weight excluding hydrogens is 566 g/mol. The van der Waals surface area contributed by atoms with Gasteiger partial charge in [-0.1, -0.05) is 17.7 Å². The molecule has 1 aliphatic carbocycles. The average Bonchev–Trinajstić information content (AvgIpc) is 3.49. The minimum Gasteiger partial charge on any atom is -0.426 e. The van der Waals surface area contributed by atoms with Crippen LogP contribution in [0.25, 0.3) is 0 Å². The quantitative estimate of drug-likeness (QED) is 0.363. The number of likely N-dealkylation sites (tertiary alicyclic amines) is 2. The zero-order valence-electron chi connectivity index (χ0n) is 24.2. The molecule has 8 nitrogen and oxygen atoms in total. The van der Waals surface area contributed by atoms with Gasteiger partial charge in [-0.25, -0.2) is 8.78 Å². The number of pyridine rings is 1. The van der Waals surface area contributed by atoms with Gasteiger partial charge in [-0.3, -0.25) is 24.3 Å². The van der Waals surface area contributed by atoms with Gasteiger partial charge in [-0.2, -0.15) is 0 Å². The van der Waals surface area contributed by atoms with Gasteiger partial charge >= 0.3 is 5.97 Å². The maximum Gasteiger partial charge on any atom is 0.319 e. The van der Waals surface area contributed by atoms with Crippen LogP contribution in [0.3, 0.4) is 0 Å². The fraction of sp³-hybridized carbons (Fsp3) is 0.548. The molecule has 1 saturated carbocycles. The Morgan fingerprint density at radius 1 is 1.02 bits per heavy atom. The summed E-state index contributed by atoms with van der Waals surface area (Å²) >= 11 is 6.24. The molecule has 1 aromatic carbocycles. The van der Waals surface area contributed by atoms with E-state index in [1.807, 2.05) is 31.7 Å². The lowest BCUT2D eigenvalue weighted by Gasteiger charge is -2.46. The molecule has 3 fully saturated rings. The van der Waals surface area contributed by atoms with Crippen molar-refractivity contribution in [2.45, 2.75) is 64.8 Å². The van der Waals surface area contributed by atoms with E-state index in [4.69, 9.17) is 22.1 Å². The number of carbonyl (C=O) groups excluding carboxylic acids is 3. The lowest BCUT2D eigenvalue weighted by Crippen LogP contribution is -2.57. The van der Waals surface area contributed by atoms with E-state index in [-0.39, 0.29) is 42.8 Å². The topological polar surface area (TPSA) is 106 Å². The van der Waals surface area contributed by atoms with Gasteiger partial charge in [0.15, 0.2) is 0 Å². The number of halogens is 3. The molecule has 0 spiro atoms. The molecule has 11 heteroatoms. The van der Waals surface area contributed by atoms with Crippen molar-refractivity contribution in [3.63, 3.8) is 0 Å². The number of primary amides is 1. The standard InChI is InChI=1S/C31H37ClF2N4O4/c1-18-4-5-23(12-24(18)32)42-29(41)30(7-9-31(33,34)10-8-30)25(13-26(35)39)37-14-21-16-38(17-22(21)15-37)28(40)27-19(2)6-11-36-20(27)3/h4-6,11-12,21-22,25H,7-10,13-17H2,1-3H3,(H2,35,39). The summed E-state index contributed by atoms with van der Waals surface area (Å²) in [6.07, 6.45) is 0.286. The number of esters is 1. The number of alkyl halides is 2. The number of aryl methyl sites for hydroxylation is 3. The molecule has 3 unspecified atom stereocenters. The predicted molar refractivity (Wildman–Crippen MR) is 153 cm³/mol. The van der Waals surface area contributed by atoms with E-state index >= 15 is 0 Å². The molecule has 0 bridgehead atoms. The number of aromatic nitrogens is 1. The van der Waals surface area contributed by atoms with Gasteiger partial charge in [0.05, 0.1) is 16.7 Å². The van der Waals surface area contributed by atoms with Crippen LogP contribution in [0.15, 0.2) is 30.5 Å². The smallest absolute Gasteiger partial charge is 0.319 e. The number of fused-ring (bicyclic) bond motifs is 1. The first-order valence-electron chi connectivity index (χ1n) is 14.4. The monoisotopic (exact) mass is 602 g/mol. The van der Waals surface area contributed by atoms with Gasteiger partial charge in [0.1, 0.15) is 5.75 Å². The van der Waals surface area contributed by atoms with Crippen LogP contribution in [0.1, 0.15) is 59.3 Å². The van der Waals surface area contributed by atoms with Crippen molar-refractivity contribution in [3.8, 4) is 5.75 Å². The highest BCUT2D eigenvalue weighted by Crippen LogP contribution is 2.50. The van der Waals surface area contributed by atoms with E-state index in [1.165, 1.54) is 6.07 Å². The summed E-state index contributed by atoms with van der Waals surface area (Å²) in [5.74, 6) is -3.79. The van der Waals surface area contributed by atoms with Crippen molar-refractivity contribution in [1.82, 2.24) is 14.8 Å². The molecule has 2 aromatic rings. The second-order valence-electron chi connectivity index (χ2n) is 12.3. The Kier molecular flexibility index (Phi) is 8.33. The second kappa shape index (κ2) is 11.5. The number of nitrogens with zero attached hydrogens (tertiary/aromatic N) is 3. The molecule has 2 aliphatic heterocycles. The Bertz CT molecular complexity index is 1360. The lowest BCUT2D eigenvalue weighted by atomic mass is 9.66. The third-order valence-corrected chi connectivity index (χ3v) is 9.88. The fourth-order valence-corrected chi connectivity index (χ4v) is 7.24. The van der Waals surface area contributed by atoms with E-state index in [0.29, 0.717) is 42.5 Å². The number of ether oxygens (including phenoxy) is 1. The van der Waals surface area contributed by atoms with Crippen molar-refractivity contribution < 1.29 is 27.9 Å². The van der Waals surface area contributed by atoms with Gasteiger partial charge < -0.3 is 15.4 Å². The van der Waals surface area contributed by atoms with E-state index < -0.39 is 42.1 Å². The molecule has 226 valence electrons. The first-order valence-corrected chi connectivity index (χ1v) is 14.8. The first kappa shape index (κ1) is 30.4. The van der Waals surface area contributed by atoms with Gasteiger partial charge in [0.2, 0.25) is 11.8 Å². The van der Waals surface area contributed by atoms with E-state index in [2.05, 4.69) is 9.88 Å². The largest absolute Gasteiger partial charge is 0.426 e. The average molecular weight is 603 g/mol. The highest BCUT2D eigenvalue weighted by Gasteiger charge is 2.57. The lowest BCUT2D eigenvalue weighted by molar-refractivity contribution is -0.162. The van der Waals surface area contributed by atoms with Crippen molar-refractivity contribution in [2.75, 3.05) is 26.2 Å². The summed E-state index contributed by atoms with van der Waals surface area (Å²) in [6.45, 7) is 7.61. The number of hydrogen-bond donors (Lipinski definition) is 1. The molecule has 42 heavy (non-hydrogen) atoms. The molecule has 0 radical (unpaired) electrons. The maximum atomic E-state index is 14.4. The van der Waals surface area contributed by atoms with Gasteiger partial charge in [0, 0.05) is 62.7 Å². The normalized spacial score (nSPS) is 23.8. The summed E-state index contributed by atoms with van der Waals surface area (Å²) < 4.78 is 34.6. The third-order valence-electron chi connectivity index (χ3n) is 9.47. The molecule has 1 aromatic heterocycles. The number of rotatable bonds is 7. The Labute approximate surface area is 249 Å². The van der Waals surface area contributed by atoms with Crippen molar-refractivity contribution >= 4 is 29.4 Å². The van der Waals surface area contributed by atoms with Crippen LogP contribution in [0.4, 0.5) is 8.78 Å². The molecule has 2 amide bonds. The van der Waals surface area contributed by atoms with Crippen LogP contribution in [0, 0.1) is 38.0 Å². The predicted octanol–water partition coefficient (Wildman–Crippen LogP) is 4.71. The maximum absolute atomic E-state index is 14.4. The minimum absolute atomic E-state index is 0.0564. The Morgan fingerprint density at radius 2 is 1.67 bits per heavy atom. The van der Waals surface area contributed by atoms with Crippen LogP contribution in [0.2, 0.25) is 5.02 Å². The highest BCUT2D eigenvalue weighted by atomic mass is 35.5. The Balaban J connectivity index is 1.38. The summed E-state index contributed by atoms with van der Waals surface area (Å²) in [4.78, 5) is 47.9. The van der Waals surface area contributed by atoms with Crippen molar-refractivity contribution in [1.29, 1.82) is 0 Å². The SMILES string of the molecule is Cc1ccc(OC(=O)C2(C(CC(N)=O)N3CC4CN(C(=O)c5c(C)ccnc5C)CC4C3)CCC(F)(F)CC2)cc1Cl. The number of benzene rings is 1. The summed E-state index contributed by atoms with van der Waals surface area (Å²) in [6, 6.07) is 5.98. The highest BCUT2D eigenvalue weighted by molar-refractivity contribution is 6.31. The summed E-state index contributed by atoms with van der Waals surface area (Å²) in [5, 5.41) is 0.418. The van der Waals surface area contributed by atoms with E-state index in [9.17, 15) is 23.2 Å². The van der Waals surface area contributed by atoms with E-state index in [0.717, 1.165) is 11.1 Å². The Hall–Kier alpha value is -3.11. The van der Waals surface area contributed by atoms with Crippen LogP contribution in [-0.2, 0) is 9.59 Å². The zero-order valence-corrected chi connectivity index (χ0v) is 24.9. The first-order chi connectivity index (χ1) is 19.8. The van der Waals surface area contributed by atoms with Gasteiger partial charge in [-0.15, -0.1) is 0 Å². The van der Waals surface area contributed by atoms with Gasteiger partial charge in [0.25, 0.3) is 5.91 Å². The van der Waals surface area contributed by atoms with Crippen LogP contribution >= 0.6 is 11.6 Å². The number of carbonyl (C=O) groups is 3. The molecule has 5 rings (SSSR count). The van der Waals surface area contributed by atoms with Crippen LogP contribution < -0.4 is 10.5 Å². The Morgan fingerprint density at radius 3 is 2.24 bits per heavy atom. The molecular formula is C31H37ClF2N4O4. The molecule has 3 atom stereocenters. The minimum atomic E-state index is -2.90.